The molecule has 1 aromatic heterocycles. The summed E-state index contributed by atoms with van der Waals surface area (Å²) in [5, 5.41) is 0. The van der Waals surface area contributed by atoms with Crippen LogP contribution >= 0.6 is 0 Å². The maximum Gasteiger partial charge on any atom is 0.272 e. The normalized spacial score (nSPS) is 20.7. The van der Waals surface area contributed by atoms with E-state index in [9.17, 15) is 4.79 Å². The number of aromatic nitrogens is 2. The van der Waals surface area contributed by atoms with Crippen LogP contribution < -0.4 is 4.74 Å². The quantitative estimate of drug-likeness (QED) is 0.917. The van der Waals surface area contributed by atoms with Gasteiger partial charge in [0.05, 0.1) is 19.1 Å². The number of carbonyl (C=O) groups excluding carboxylic acids is 1. The number of benzene rings is 1. The third-order valence-electron chi connectivity index (χ3n) is 4.26. The molecule has 2 aromatic rings. The Bertz CT molecular complexity index is 671. The molecule has 1 aliphatic rings. The zero-order valence-corrected chi connectivity index (χ0v) is 13.4. The van der Waals surface area contributed by atoms with Crippen molar-refractivity contribution >= 4 is 5.91 Å². The Morgan fingerprint density at radius 1 is 1.48 bits per heavy atom. The number of carbonyl (C=O) groups is 1. The van der Waals surface area contributed by atoms with E-state index >= 15 is 0 Å². The van der Waals surface area contributed by atoms with Crippen molar-refractivity contribution in [3.8, 4) is 5.75 Å². The first-order valence-electron chi connectivity index (χ1n) is 7.64. The highest BCUT2D eigenvalue weighted by molar-refractivity contribution is 5.92. The number of amides is 1. The highest BCUT2D eigenvalue weighted by atomic mass is 16.5. The molecule has 6 heteroatoms. The van der Waals surface area contributed by atoms with E-state index in [1.807, 2.05) is 31.2 Å². The first-order valence-corrected chi connectivity index (χ1v) is 7.64. The zero-order chi connectivity index (χ0) is 16.3. The molecule has 0 spiro atoms. The lowest BCUT2D eigenvalue weighted by atomic mass is 10.0. The summed E-state index contributed by atoms with van der Waals surface area (Å²) in [5.74, 6) is 0.761. The predicted molar refractivity (Wildman–Crippen MR) is 85.5 cm³/mol. The number of aryl methyl sites for hydroxylation is 1. The summed E-state index contributed by atoms with van der Waals surface area (Å²) in [7, 11) is 1.67. The summed E-state index contributed by atoms with van der Waals surface area (Å²) in [4.78, 5) is 20.9. The highest BCUT2D eigenvalue weighted by Gasteiger charge is 2.41. The number of hydrogen-bond donors (Lipinski definition) is 1. The summed E-state index contributed by atoms with van der Waals surface area (Å²) in [6.45, 7) is 3.59. The molecule has 0 aliphatic carbocycles. The molecule has 3 rings (SSSR count). The van der Waals surface area contributed by atoms with Gasteiger partial charge in [0.25, 0.3) is 5.91 Å². The van der Waals surface area contributed by atoms with Crippen LogP contribution in [0.3, 0.4) is 0 Å². The number of likely N-dealkylation sites (tertiary alicyclic amines) is 1. The molecule has 1 fully saturated rings. The van der Waals surface area contributed by atoms with Crippen LogP contribution in [-0.4, -0.2) is 53.2 Å². The first kappa shape index (κ1) is 15.6. The molecule has 0 radical (unpaired) electrons. The highest BCUT2D eigenvalue weighted by Crippen LogP contribution is 2.27. The molecule has 1 atom stereocenters. The fourth-order valence-electron chi connectivity index (χ4n) is 2.82. The lowest BCUT2D eigenvalue weighted by molar-refractivity contribution is -0.0343. The van der Waals surface area contributed by atoms with Crippen LogP contribution in [0.1, 0.15) is 22.5 Å². The van der Waals surface area contributed by atoms with Gasteiger partial charge < -0.3 is 19.4 Å². The third kappa shape index (κ3) is 3.37. The van der Waals surface area contributed by atoms with E-state index in [0.29, 0.717) is 25.4 Å². The summed E-state index contributed by atoms with van der Waals surface area (Å²) in [6.07, 6.45) is 3.79. The van der Waals surface area contributed by atoms with Crippen LogP contribution in [-0.2, 0) is 4.74 Å². The molecule has 1 N–H and O–H groups in total. The number of methoxy groups -OCH3 is 1. The molecule has 0 saturated carbocycles. The number of nitrogens with zero attached hydrogens (tertiary/aromatic N) is 2. The molecule has 122 valence electrons. The number of rotatable bonds is 5. The average Bonchev–Trinajstić information content (AvgIpc) is 3.23. The van der Waals surface area contributed by atoms with Gasteiger partial charge in [-0.2, -0.15) is 0 Å². The first-order chi connectivity index (χ1) is 11.1. The topological polar surface area (TPSA) is 67.5 Å². The molecule has 6 nitrogen and oxygen atoms in total. The van der Waals surface area contributed by atoms with Crippen LogP contribution in [0.25, 0.3) is 0 Å². The fraction of sp³-hybridized carbons (Fsp3) is 0.412. The van der Waals surface area contributed by atoms with E-state index in [1.165, 1.54) is 6.33 Å². The standard InChI is InChI=1S/C17H21N3O3/c1-13-4-3-5-14(8-13)23-11-17(22-2)6-7-20(10-17)16(21)15-9-18-12-19-15/h3-5,8-9,12H,6-7,10-11H2,1-2H3,(H,18,19). The summed E-state index contributed by atoms with van der Waals surface area (Å²) in [5.41, 5.74) is 1.17. The van der Waals surface area contributed by atoms with E-state index in [0.717, 1.165) is 17.7 Å². The van der Waals surface area contributed by atoms with Crippen molar-refractivity contribution in [2.75, 3.05) is 26.8 Å². The molecule has 1 unspecified atom stereocenters. The van der Waals surface area contributed by atoms with Crippen molar-refractivity contribution in [3.05, 3.63) is 48.0 Å². The van der Waals surface area contributed by atoms with Crippen LogP contribution in [0.5, 0.6) is 5.75 Å². The predicted octanol–water partition coefficient (Wildman–Crippen LogP) is 2.03. The van der Waals surface area contributed by atoms with Crippen molar-refractivity contribution < 1.29 is 14.3 Å². The number of H-pyrrole nitrogens is 1. The summed E-state index contributed by atoms with van der Waals surface area (Å²) >= 11 is 0. The molecule has 1 aromatic carbocycles. The minimum Gasteiger partial charge on any atom is -0.491 e. The van der Waals surface area contributed by atoms with Crippen LogP contribution in [0.2, 0.25) is 0 Å². The minimum atomic E-state index is -0.473. The number of ether oxygens (including phenoxy) is 2. The van der Waals surface area contributed by atoms with Crippen molar-refractivity contribution in [3.63, 3.8) is 0 Å². The van der Waals surface area contributed by atoms with Gasteiger partial charge in [0.15, 0.2) is 0 Å². The maximum absolute atomic E-state index is 12.4. The third-order valence-corrected chi connectivity index (χ3v) is 4.26. The molecule has 1 aliphatic heterocycles. The van der Waals surface area contributed by atoms with E-state index in [1.54, 1.807) is 18.2 Å². The van der Waals surface area contributed by atoms with E-state index < -0.39 is 5.60 Å². The minimum absolute atomic E-state index is 0.0584. The second-order valence-electron chi connectivity index (χ2n) is 5.93. The number of aromatic amines is 1. The zero-order valence-electron chi connectivity index (χ0n) is 13.4. The smallest absolute Gasteiger partial charge is 0.272 e. The van der Waals surface area contributed by atoms with Gasteiger partial charge in [-0.15, -0.1) is 0 Å². The lowest BCUT2D eigenvalue weighted by Gasteiger charge is -2.27. The van der Waals surface area contributed by atoms with Crippen molar-refractivity contribution in [2.45, 2.75) is 18.9 Å². The SMILES string of the molecule is COC1(COc2cccc(C)c2)CCN(C(=O)c2cnc[nH]2)C1. The molecule has 1 amide bonds. The van der Waals surface area contributed by atoms with Crippen molar-refractivity contribution in [1.29, 1.82) is 0 Å². The summed E-state index contributed by atoms with van der Waals surface area (Å²) < 4.78 is 11.6. The lowest BCUT2D eigenvalue weighted by Crippen LogP contribution is -2.42. The van der Waals surface area contributed by atoms with Gasteiger partial charge in [0.2, 0.25) is 0 Å². The Balaban J connectivity index is 1.64. The average molecular weight is 315 g/mol. The molecule has 2 heterocycles. The second-order valence-corrected chi connectivity index (χ2v) is 5.93. The van der Waals surface area contributed by atoms with Gasteiger partial charge in [-0.3, -0.25) is 4.79 Å². The largest absolute Gasteiger partial charge is 0.491 e. The number of nitrogens with one attached hydrogen (secondary N) is 1. The van der Waals surface area contributed by atoms with Crippen molar-refractivity contribution in [1.82, 2.24) is 14.9 Å². The van der Waals surface area contributed by atoms with Crippen LogP contribution in [0.15, 0.2) is 36.8 Å². The Labute approximate surface area is 135 Å². The van der Waals surface area contributed by atoms with Crippen molar-refractivity contribution in [2.24, 2.45) is 0 Å². The Kier molecular flexibility index (Phi) is 4.34. The van der Waals surface area contributed by atoms with E-state index in [4.69, 9.17) is 9.47 Å². The molecule has 0 bridgehead atoms. The molecular formula is C17H21N3O3. The van der Waals surface area contributed by atoms with Crippen LogP contribution in [0.4, 0.5) is 0 Å². The maximum atomic E-state index is 12.4. The van der Waals surface area contributed by atoms with E-state index in [-0.39, 0.29) is 5.91 Å². The van der Waals surface area contributed by atoms with Gasteiger partial charge in [-0.05, 0) is 31.0 Å². The molecular weight excluding hydrogens is 294 g/mol. The van der Waals surface area contributed by atoms with Gasteiger partial charge in [-0.25, -0.2) is 4.98 Å². The van der Waals surface area contributed by atoms with Gasteiger partial charge >= 0.3 is 0 Å². The number of imidazole rings is 1. The Morgan fingerprint density at radius 3 is 3.04 bits per heavy atom. The molecule has 23 heavy (non-hydrogen) atoms. The van der Waals surface area contributed by atoms with E-state index in [2.05, 4.69) is 9.97 Å². The molecule has 1 saturated heterocycles. The second kappa shape index (κ2) is 6.42. The van der Waals surface area contributed by atoms with Gasteiger partial charge in [0.1, 0.15) is 23.7 Å². The monoisotopic (exact) mass is 315 g/mol. The summed E-state index contributed by atoms with van der Waals surface area (Å²) in [6, 6.07) is 7.91. The van der Waals surface area contributed by atoms with Gasteiger partial charge in [-0.1, -0.05) is 12.1 Å². The fourth-order valence-corrected chi connectivity index (χ4v) is 2.82. The Morgan fingerprint density at radius 2 is 2.35 bits per heavy atom. The Hall–Kier alpha value is -2.34. The number of hydrogen-bond acceptors (Lipinski definition) is 4. The van der Waals surface area contributed by atoms with Gasteiger partial charge in [0, 0.05) is 13.7 Å². The van der Waals surface area contributed by atoms with Crippen LogP contribution in [0, 0.1) is 6.92 Å².